The molecule has 2 unspecified atom stereocenters. The highest BCUT2D eigenvalue weighted by Gasteiger charge is 2.41. The van der Waals surface area contributed by atoms with Crippen molar-refractivity contribution in [3.63, 3.8) is 0 Å². The molecular formula is C16H22O3S. The van der Waals surface area contributed by atoms with Gasteiger partial charge in [0.05, 0.1) is 4.90 Å². The maximum absolute atomic E-state index is 12.6. The van der Waals surface area contributed by atoms with E-state index in [-0.39, 0.29) is 22.0 Å². The predicted octanol–water partition coefficient (Wildman–Crippen LogP) is 3.24. The zero-order valence-electron chi connectivity index (χ0n) is 12.3. The molecule has 0 aliphatic heterocycles. The molecule has 1 aliphatic rings. The fraction of sp³-hybridized carbons (Fsp3) is 0.562. The van der Waals surface area contributed by atoms with Gasteiger partial charge in [-0.25, -0.2) is 8.42 Å². The standard InChI is InChI=1S/C16H22O3S/c1-16(2,3)12-9-10-14(17)15(11-12)20(18,19)13-7-5-4-6-8-13/h4-8,12,15H,9-11H2,1-3H3. The fourth-order valence-corrected chi connectivity index (χ4v) is 4.66. The van der Waals surface area contributed by atoms with Crippen molar-refractivity contribution in [2.24, 2.45) is 11.3 Å². The summed E-state index contributed by atoms with van der Waals surface area (Å²) in [5.41, 5.74) is 0.0329. The molecule has 1 aliphatic carbocycles. The van der Waals surface area contributed by atoms with E-state index in [0.29, 0.717) is 12.8 Å². The van der Waals surface area contributed by atoms with Gasteiger partial charge in [-0.2, -0.15) is 0 Å². The Labute approximate surface area is 121 Å². The van der Waals surface area contributed by atoms with Crippen molar-refractivity contribution in [2.75, 3.05) is 0 Å². The van der Waals surface area contributed by atoms with E-state index in [0.717, 1.165) is 6.42 Å². The lowest BCUT2D eigenvalue weighted by Gasteiger charge is -2.36. The van der Waals surface area contributed by atoms with Gasteiger partial charge in [-0.3, -0.25) is 4.79 Å². The lowest BCUT2D eigenvalue weighted by molar-refractivity contribution is -0.121. The van der Waals surface area contributed by atoms with Gasteiger partial charge in [-0.15, -0.1) is 0 Å². The first-order valence-electron chi connectivity index (χ1n) is 7.04. The summed E-state index contributed by atoms with van der Waals surface area (Å²) in [6, 6.07) is 8.31. The second kappa shape index (κ2) is 5.32. The van der Waals surface area contributed by atoms with Crippen LogP contribution in [0.15, 0.2) is 35.2 Å². The van der Waals surface area contributed by atoms with Crippen molar-refractivity contribution < 1.29 is 13.2 Å². The molecule has 110 valence electrons. The monoisotopic (exact) mass is 294 g/mol. The van der Waals surface area contributed by atoms with Crippen LogP contribution in [0.4, 0.5) is 0 Å². The molecular weight excluding hydrogens is 272 g/mol. The molecule has 0 saturated heterocycles. The van der Waals surface area contributed by atoms with E-state index in [1.165, 1.54) is 0 Å². The number of ketones is 1. The van der Waals surface area contributed by atoms with Crippen LogP contribution < -0.4 is 0 Å². The third kappa shape index (κ3) is 2.95. The van der Waals surface area contributed by atoms with E-state index in [1.807, 2.05) is 0 Å². The van der Waals surface area contributed by atoms with Crippen molar-refractivity contribution in [1.29, 1.82) is 0 Å². The van der Waals surface area contributed by atoms with E-state index < -0.39 is 15.1 Å². The molecule has 2 atom stereocenters. The SMILES string of the molecule is CC(C)(C)C1CCC(=O)C(S(=O)(=O)c2ccccc2)C1. The molecule has 0 radical (unpaired) electrons. The zero-order chi connectivity index (χ0) is 15.0. The van der Waals surface area contributed by atoms with Crippen molar-refractivity contribution in [3.05, 3.63) is 30.3 Å². The number of carbonyl (C=O) groups excluding carboxylic acids is 1. The number of sulfone groups is 1. The second-order valence-corrected chi connectivity index (χ2v) is 8.78. The van der Waals surface area contributed by atoms with Gasteiger partial charge in [-0.05, 0) is 36.3 Å². The third-order valence-electron chi connectivity index (χ3n) is 4.27. The van der Waals surface area contributed by atoms with Crippen molar-refractivity contribution in [1.82, 2.24) is 0 Å². The molecule has 1 aromatic rings. The Morgan fingerprint density at radius 3 is 2.25 bits per heavy atom. The molecule has 2 rings (SSSR count). The minimum atomic E-state index is -3.55. The van der Waals surface area contributed by atoms with Crippen molar-refractivity contribution in [2.45, 2.75) is 50.2 Å². The first-order valence-corrected chi connectivity index (χ1v) is 8.59. The minimum absolute atomic E-state index is 0.0329. The first kappa shape index (κ1) is 15.2. The molecule has 0 N–H and O–H groups in total. The molecule has 0 bridgehead atoms. The molecule has 0 heterocycles. The van der Waals surface area contributed by atoms with Crippen LogP contribution in [-0.4, -0.2) is 19.5 Å². The number of hydrogen-bond donors (Lipinski definition) is 0. The Morgan fingerprint density at radius 2 is 1.70 bits per heavy atom. The zero-order valence-corrected chi connectivity index (χ0v) is 13.1. The fourth-order valence-electron chi connectivity index (χ4n) is 2.85. The molecule has 0 amide bonds. The van der Waals surface area contributed by atoms with Gasteiger partial charge in [0.2, 0.25) is 0 Å². The normalized spacial score (nSPS) is 24.6. The van der Waals surface area contributed by atoms with Gasteiger partial charge in [-0.1, -0.05) is 39.0 Å². The number of Topliss-reactive ketones (excluding diaryl/α,β-unsaturated/α-hetero) is 1. The quantitative estimate of drug-likeness (QED) is 0.841. The van der Waals surface area contributed by atoms with E-state index in [4.69, 9.17) is 0 Å². The molecule has 0 aromatic heterocycles. The van der Waals surface area contributed by atoms with Gasteiger partial charge in [0.1, 0.15) is 5.25 Å². The predicted molar refractivity (Wildman–Crippen MR) is 79.2 cm³/mol. The third-order valence-corrected chi connectivity index (χ3v) is 6.40. The molecule has 4 heteroatoms. The van der Waals surface area contributed by atoms with Crippen LogP contribution in [0.5, 0.6) is 0 Å². The Hall–Kier alpha value is -1.16. The van der Waals surface area contributed by atoms with Crippen molar-refractivity contribution in [3.8, 4) is 0 Å². The molecule has 3 nitrogen and oxygen atoms in total. The largest absolute Gasteiger partial charge is 0.298 e. The van der Waals surface area contributed by atoms with Crippen molar-refractivity contribution >= 4 is 15.6 Å². The Kier molecular flexibility index (Phi) is 4.05. The molecule has 0 spiro atoms. The summed E-state index contributed by atoms with van der Waals surface area (Å²) in [4.78, 5) is 12.4. The van der Waals surface area contributed by atoms with Crippen LogP contribution in [0.3, 0.4) is 0 Å². The highest BCUT2D eigenvalue weighted by atomic mass is 32.2. The van der Waals surface area contributed by atoms with Crippen LogP contribution >= 0.6 is 0 Å². The summed E-state index contributed by atoms with van der Waals surface area (Å²) in [5, 5.41) is -0.872. The number of rotatable bonds is 2. The van der Waals surface area contributed by atoms with Gasteiger partial charge in [0.15, 0.2) is 15.6 Å². The number of benzene rings is 1. The second-order valence-electron chi connectivity index (χ2n) is 6.65. The van der Waals surface area contributed by atoms with E-state index >= 15 is 0 Å². The summed E-state index contributed by atoms with van der Waals surface area (Å²) in [6.07, 6.45) is 1.61. The van der Waals surface area contributed by atoms with Gasteiger partial charge in [0.25, 0.3) is 0 Å². The summed E-state index contributed by atoms with van der Waals surface area (Å²) in [6.45, 7) is 6.33. The lowest BCUT2D eigenvalue weighted by Crippen LogP contribution is -2.40. The summed E-state index contributed by atoms with van der Waals surface area (Å²) in [7, 11) is -3.55. The first-order chi connectivity index (χ1) is 9.23. The molecule has 1 aromatic carbocycles. The lowest BCUT2D eigenvalue weighted by atomic mass is 9.72. The van der Waals surface area contributed by atoms with Crippen LogP contribution in [0.1, 0.15) is 40.0 Å². The molecule has 1 saturated carbocycles. The topological polar surface area (TPSA) is 51.2 Å². The average Bonchev–Trinajstić information content (AvgIpc) is 2.38. The molecule has 1 fully saturated rings. The summed E-state index contributed by atoms with van der Waals surface area (Å²) in [5.74, 6) is 0.137. The highest BCUT2D eigenvalue weighted by molar-refractivity contribution is 7.92. The van der Waals surface area contributed by atoms with E-state index in [1.54, 1.807) is 30.3 Å². The molecule has 20 heavy (non-hydrogen) atoms. The number of carbonyl (C=O) groups is 1. The smallest absolute Gasteiger partial charge is 0.188 e. The average molecular weight is 294 g/mol. The van der Waals surface area contributed by atoms with E-state index in [9.17, 15) is 13.2 Å². The highest BCUT2D eigenvalue weighted by Crippen LogP contribution is 2.39. The van der Waals surface area contributed by atoms with Gasteiger partial charge < -0.3 is 0 Å². The van der Waals surface area contributed by atoms with Crippen LogP contribution in [-0.2, 0) is 14.6 Å². The van der Waals surface area contributed by atoms with Gasteiger partial charge >= 0.3 is 0 Å². The maximum Gasteiger partial charge on any atom is 0.188 e. The van der Waals surface area contributed by atoms with Crippen LogP contribution in [0, 0.1) is 11.3 Å². The Balaban J connectivity index is 2.33. The van der Waals surface area contributed by atoms with E-state index in [2.05, 4.69) is 20.8 Å². The summed E-state index contributed by atoms with van der Waals surface area (Å²) < 4.78 is 25.3. The Bertz CT molecular complexity index is 582. The maximum atomic E-state index is 12.6. The minimum Gasteiger partial charge on any atom is -0.298 e. The summed E-state index contributed by atoms with van der Waals surface area (Å²) >= 11 is 0. The van der Waals surface area contributed by atoms with Crippen LogP contribution in [0.25, 0.3) is 0 Å². The Morgan fingerprint density at radius 1 is 1.10 bits per heavy atom. The van der Waals surface area contributed by atoms with Gasteiger partial charge in [0, 0.05) is 6.42 Å². The number of hydrogen-bond acceptors (Lipinski definition) is 3. The van der Waals surface area contributed by atoms with Crippen LogP contribution in [0.2, 0.25) is 0 Å².